The van der Waals surface area contributed by atoms with Crippen LogP contribution in [0.1, 0.15) is 27.7 Å². The highest BCUT2D eigenvalue weighted by Crippen LogP contribution is 2.23. The number of hydrogen-bond acceptors (Lipinski definition) is 4. The number of carbonyl (C=O) groups is 1. The zero-order chi connectivity index (χ0) is 17.3. The Morgan fingerprint density at radius 3 is 2.46 bits per heavy atom. The van der Waals surface area contributed by atoms with Gasteiger partial charge in [0.05, 0.1) is 22.3 Å². The Balaban J connectivity index is 1.58. The van der Waals surface area contributed by atoms with Crippen molar-refractivity contribution in [2.24, 2.45) is 0 Å². The lowest BCUT2D eigenvalue weighted by Gasteiger charge is -2.34. The van der Waals surface area contributed by atoms with Gasteiger partial charge in [-0.15, -0.1) is 0 Å². The number of aryl methyl sites for hydroxylation is 2. The summed E-state index contributed by atoms with van der Waals surface area (Å²) in [6, 6.07) is 4.98. The largest absolute Gasteiger partial charge is 0.444 e. The lowest BCUT2D eigenvalue weighted by atomic mass is 10.2. The highest BCUT2D eigenvalue weighted by Gasteiger charge is 2.23. The van der Waals surface area contributed by atoms with Gasteiger partial charge in [-0.2, -0.15) is 0 Å². The molecular formula is C17H19Cl2N3O2. The molecule has 1 aliphatic heterocycles. The molecular weight excluding hydrogens is 349 g/mol. The van der Waals surface area contributed by atoms with Crippen LogP contribution in [0.25, 0.3) is 0 Å². The molecule has 128 valence electrons. The maximum atomic E-state index is 12.6. The van der Waals surface area contributed by atoms with E-state index in [2.05, 4.69) is 9.88 Å². The van der Waals surface area contributed by atoms with E-state index in [0.29, 0.717) is 35.2 Å². The molecule has 1 amide bonds. The molecule has 2 aromatic rings. The smallest absolute Gasteiger partial charge is 0.253 e. The Bertz CT molecular complexity index is 733. The van der Waals surface area contributed by atoms with Crippen LogP contribution in [0, 0.1) is 13.8 Å². The predicted octanol–water partition coefficient (Wildman–Crippen LogP) is 3.56. The molecule has 24 heavy (non-hydrogen) atoms. The Morgan fingerprint density at radius 1 is 1.17 bits per heavy atom. The van der Waals surface area contributed by atoms with Gasteiger partial charge in [0.2, 0.25) is 5.89 Å². The maximum absolute atomic E-state index is 12.6. The molecule has 1 aliphatic rings. The molecule has 0 unspecified atom stereocenters. The molecule has 7 heteroatoms. The molecule has 2 heterocycles. The first kappa shape index (κ1) is 17.3. The highest BCUT2D eigenvalue weighted by atomic mass is 35.5. The van der Waals surface area contributed by atoms with E-state index in [1.807, 2.05) is 18.7 Å². The van der Waals surface area contributed by atoms with Crippen molar-refractivity contribution in [3.63, 3.8) is 0 Å². The molecule has 0 N–H and O–H groups in total. The SMILES string of the molecule is Cc1nc(CN2CCN(C(=O)c3ccc(Cl)c(Cl)c3)CC2)oc1C. The maximum Gasteiger partial charge on any atom is 0.253 e. The van der Waals surface area contributed by atoms with Crippen molar-refractivity contribution in [2.75, 3.05) is 26.2 Å². The fourth-order valence-electron chi connectivity index (χ4n) is 2.72. The van der Waals surface area contributed by atoms with Crippen molar-refractivity contribution >= 4 is 29.1 Å². The number of oxazole rings is 1. The van der Waals surface area contributed by atoms with Crippen molar-refractivity contribution in [3.05, 3.63) is 51.2 Å². The van der Waals surface area contributed by atoms with Crippen LogP contribution in [-0.2, 0) is 6.54 Å². The summed E-state index contributed by atoms with van der Waals surface area (Å²) < 4.78 is 5.62. The number of aromatic nitrogens is 1. The quantitative estimate of drug-likeness (QED) is 0.831. The Labute approximate surface area is 151 Å². The molecule has 0 atom stereocenters. The predicted molar refractivity (Wildman–Crippen MR) is 93.6 cm³/mol. The second-order valence-electron chi connectivity index (χ2n) is 5.95. The van der Waals surface area contributed by atoms with E-state index in [1.165, 1.54) is 0 Å². The van der Waals surface area contributed by atoms with Crippen LogP contribution in [0.4, 0.5) is 0 Å². The van der Waals surface area contributed by atoms with E-state index in [9.17, 15) is 4.79 Å². The standard InChI is InChI=1S/C17H19Cl2N3O2/c1-11-12(2)24-16(20-11)10-21-5-7-22(8-6-21)17(23)13-3-4-14(18)15(19)9-13/h3-4,9H,5-8,10H2,1-2H3. The fourth-order valence-corrected chi connectivity index (χ4v) is 3.02. The first-order chi connectivity index (χ1) is 11.4. The zero-order valence-electron chi connectivity index (χ0n) is 13.7. The summed E-state index contributed by atoms with van der Waals surface area (Å²) in [5.74, 6) is 1.57. The lowest BCUT2D eigenvalue weighted by Crippen LogP contribution is -2.48. The minimum absolute atomic E-state index is 0.0176. The summed E-state index contributed by atoms with van der Waals surface area (Å²) in [5, 5.41) is 0.852. The molecule has 0 aliphatic carbocycles. The van der Waals surface area contributed by atoms with Crippen molar-refractivity contribution in [2.45, 2.75) is 20.4 Å². The van der Waals surface area contributed by atoms with E-state index in [-0.39, 0.29) is 5.91 Å². The van der Waals surface area contributed by atoms with Gasteiger partial charge in [-0.1, -0.05) is 23.2 Å². The van der Waals surface area contributed by atoms with Crippen molar-refractivity contribution in [3.8, 4) is 0 Å². The number of hydrogen-bond donors (Lipinski definition) is 0. The van der Waals surface area contributed by atoms with E-state index in [4.69, 9.17) is 27.6 Å². The van der Waals surface area contributed by atoms with Crippen LogP contribution < -0.4 is 0 Å². The molecule has 0 saturated carbocycles. The monoisotopic (exact) mass is 367 g/mol. The van der Waals surface area contributed by atoms with Crippen LogP contribution in [-0.4, -0.2) is 46.9 Å². The van der Waals surface area contributed by atoms with Crippen molar-refractivity contribution in [1.29, 1.82) is 0 Å². The lowest BCUT2D eigenvalue weighted by molar-refractivity contribution is 0.0618. The second kappa shape index (κ2) is 7.13. The van der Waals surface area contributed by atoms with Crippen molar-refractivity contribution < 1.29 is 9.21 Å². The van der Waals surface area contributed by atoms with Crippen LogP contribution in [0.2, 0.25) is 10.0 Å². The van der Waals surface area contributed by atoms with Gasteiger partial charge < -0.3 is 9.32 Å². The third kappa shape index (κ3) is 3.74. The minimum atomic E-state index is -0.0176. The van der Waals surface area contributed by atoms with Crippen LogP contribution in [0.3, 0.4) is 0 Å². The molecule has 3 rings (SSSR count). The number of carbonyl (C=O) groups excluding carboxylic acids is 1. The summed E-state index contributed by atoms with van der Waals surface area (Å²) in [4.78, 5) is 21.0. The first-order valence-electron chi connectivity index (χ1n) is 7.83. The third-order valence-corrected chi connectivity index (χ3v) is 5.00. The second-order valence-corrected chi connectivity index (χ2v) is 6.76. The zero-order valence-corrected chi connectivity index (χ0v) is 15.2. The van der Waals surface area contributed by atoms with Crippen molar-refractivity contribution in [1.82, 2.24) is 14.8 Å². The third-order valence-electron chi connectivity index (χ3n) is 4.26. The van der Waals surface area contributed by atoms with Crippen LogP contribution in [0.15, 0.2) is 22.6 Å². The molecule has 1 aromatic carbocycles. The Kier molecular flexibility index (Phi) is 5.13. The summed E-state index contributed by atoms with van der Waals surface area (Å²) in [6.45, 7) is 7.43. The normalized spacial score (nSPS) is 15.8. The van der Waals surface area contributed by atoms with Gasteiger partial charge in [0.1, 0.15) is 5.76 Å². The molecule has 5 nitrogen and oxygen atoms in total. The van der Waals surface area contributed by atoms with Crippen LogP contribution in [0.5, 0.6) is 0 Å². The molecule has 1 aromatic heterocycles. The van der Waals surface area contributed by atoms with Gasteiger partial charge in [0, 0.05) is 31.7 Å². The van der Waals surface area contributed by atoms with Gasteiger partial charge in [0.15, 0.2) is 0 Å². The average Bonchev–Trinajstić information content (AvgIpc) is 2.88. The van der Waals surface area contributed by atoms with E-state index >= 15 is 0 Å². The summed E-state index contributed by atoms with van der Waals surface area (Å²) in [7, 11) is 0. The molecule has 0 bridgehead atoms. The number of amides is 1. The molecule has 1 fully saturated rings. The van der Waals surface area contributed by atoms with Gasteiger partial charge in [-0.25, -0.2) is 4.98 Å². The Morgan fingerprint density at radius 2 is 1.88 bits per heavy atom. The molecule has 1 saturated heterocycles. The Hall–Kier alpha value is -1.56. The summed E-state index contributed by atoms with van der Waals surface area (Å²) in [5.41, 5.74) is 1.50. The van der Waals surface area contributed by atoms with Gasteiger partial charge in [-0.05, 0) is 32.0 Å². The summed E-state index contributed by atoms with van der Waals surface area (Å²) >= 11 is 11.9. The van der Waals surface area contributed by atoms with Gasteiger partial charge in [-0.3, -0.25) is 9.69 Å². The topological polar surface area (TPSA) is 49.6 Å². The minimum Gasteiger partial charge on any atom is -0.444 e. The number of rotatable bonds is 3. The van der Waals surface area contributed by atoms with E-state index in [1.54, 1.807) is 18.2 Å². The van der Waals surface area contributed by atoms with E-state index in [0.717, 1.165) is 30.4 Å². The summed E-state index contributed by atoms with van der Waals surface area (Å²) in [6.07, 6.45) is 0. The highest BCUT2D eigenvalue weighted by molar-refractivity contribution is 6.42. The number of piperazine rings is 1. The number of nitrogens with zero attached hydrogens (tertiary/aromatic N) is 3. The average molecular weight is 368 g/mol. The van der Waals surface area contributed by atoms with Gasteiger partial charge in [0.25, 0.3) is 5.91 Å². The van der Waals surface area contributed by atoms with Crippen LogP contribution >= 0.6 is 23.2 Å². The first-order valence-corrected chi connectivity index (χ1v) is 8.59. The van der Waals surface area contributed by atoms with E-state index < -0.39 is 0 Å². The van der Waals surface area contributed by atoms with Gasteiger partial charge >= 0.3 is 0 Å². The molecule has 0 spiro atoms. The number of benzene rings is 1. The fraction of sp³-hybridized carbons (Fsp3) is 0.412. The molecule has 0 radical (unpaired) electrons. The number of halogens is 2.